The van der Waals surface area contributed by atoms with Gasteiger partial charge in [-0.1, -0.05) is 0 Å². The molecule has 2 amide bonds. The molecule has 1 atom stereocenters. The normalized spacial score (nSPS) is 23.2. The monoisotopic (exact) mass is 187 g/mol. The number of hydrogen-bond donors (Lipinski definition) is 3. The van der Waals surface area contributed by atoms with Crippen molar-refractivity contribution >= 4 is 12.0 Å². The summed E-state index contributed by atoms with van der Waals surface area (Å²) in [6.45, 7) is 0.600. The highest BCUT2D eigenvalue weighted by molar-refractivity contribution is 5.85. The van der Waals surface area contributed by atoms with Crippen LogP contribution >= 0.6 is 0 Å². The summed E-state index contributed by atoms with van der Waals surface area (Å²) in [5.74, 6) is 4.92. The Hall–Kier alpha value is -1.30. The molecule has 1 saturated heterocycles. The molecule has 1 unspecified atom stereocenters. The number of amides is 2. The summed E-state index contributed by atoms with van der Waals surface area (Å²) in [5.41, 5.74) is 0. The SMILES string of the molecule is NN(C(=O)O)C1CCCCNC1=O. The van der Waals surface area contributed by atoms with Crippen molar-refractivity contribution in [1.82, 2.24) is 10.3 Å². The second kappa shape index (κ2) is 4.08. The fourth-order valence-corrected chi connectivity index (χ4v) is 1.32. The standard InChI is InChI=1S/C7H13N3O3/c8-10(7(12)13)5-3-1-2-4-9-6(5)11/h5H,1-4,8H2,(H,9,11)(H,12,13). The Morgan fingerprint density at radius 1 is 1.62 bits per heavy atom. The zero-order valence-corrected chi connectivity index (χ0v) is 7.19. The minimum absolute atomic E-state index is 0.303. The van der Waals surface area contributed by atoms with Crippen molar-refractivity contribution in [2.75, 3.05) is 6.54 Å². The van der Waals surface area contributed by atoms with Gasteiger partial charge in [-0.3, -0.25) is 4.79 Å². The molecule has 0 radical (unpaired) electrons. The number of carboxylic acid groups (broad SMARTS) is 1. The lowest BCUT2D eigenvalue weighted by molar-refractivity contribution is -0.125. The first-order valence-electron chi connectivity index (χ1n) is 4.17. The van der Waals surface area contributed by atoms with E-state index in [0.29, 0.717) is 18.0 Å². The molecule has 0 aromatic carbocycles. The Labute approximate surface area is 75.7 Å². The van der Waals surface area contributed by atoms with E-state index in [1.54, 1.807) is 0 Å². The van der Waals surface area contributed by atoms with Crippen molar-refractivity contribution in [3.05, 3.63) is 0 Å². The maximum Gasteiger partial charge on any atom is 0.422 e. The van der Waals surface area contributed by atoms with Crippen LogP contribution in [-0.2, 0) is 4.79 Å². The van der Waals surface area contributed by atoms with E-state index < -0.39 is 12.1 Å². The molecule has 1 aliphatic rings. The van der Waals surface area contributed by atoms with Gasteiger partial charge >= 0.3 is 6.09 Å². The Morgan fingerprint density at radius 2 is 2.31 bits per heavy atom. The largest absolute Gasteiger partial charge is 0.464 e. The predicted octanol–water partition coefficient (Wildman–Crippen LogP) is -0.491. The Kier molecular flexibility index (Phi) is 3.07. The molecule has 0 saturated carbocycles. The molecule has 1 aliphatic heterocycles. The van der Waals surface area contributed by atoms with Gasteiger partial charge in [-0.2, -0.15) is 0 Å². The number of rotatable bonds is 1. The van der Waals surface area contributed by atoms with E-state index in [2.05, 4.69) is 5.32 Å². The molecule has 1 rings (SSSR count). The van der Waals surface area contributed by atoms with Crippen molar-refractivity contribution in [1.29, 1.82) is 0 Å². The summed E-state index contributed by atoms with van der Waals surface area (Å²) < 4.78 is 0. The quantitative estimate of drug-likeness (QED) is 0.293. The van der Waals surface area contributed by atoms with Crippen LogP contribution in [0.15, 0.2) is 0 Å². The highest BCUT2D eigenvalue weighted by Gasteiger charge is 2.28. The second-order valence-corrected chi connectivity index (χ2v) is 2.99. The number of nitrogens with one attached hydrogen (secondary N) is 1. The molecule has 6 heteroatoms. The number of nitrogens with two attached hydrogens (primary N) is 1. The summed E-state index contributed by atoms with van der Waals surface area (Å²) in [6.07, 6.45) is 0.899. The summed E-state index contributed by atoms with van der Waals surface area (Å²) in [5, 5.41) is 11.7. The number of nitrogens with zero attached hydrogens (tertiary/aromatic N) is 1. The molecule has 0 aliphatic carbocycles. The lowest BCUT2D eigenvalue weighted by Gasteiger charge is -2.21. The topological polar surface area (TPSA) is 95.7 Å². The maximum atomic E-state index is 11.3. The number of carbonyl (C=O) groups is 2. The smallest absolute Gasteiger partial charge is 0.422 e. The first-order chi connectivity index (χ1) is 6.13. The fourth-order valence-electron chi connectivity index (χ4n) is 1.32. The summed E-state index contributed by atoms with van der Waals surface area (Å²) >= 11 is 0. The Bertz CT molecular complexity index is 219. The first-order valence-corrected chi connectivity index (χ1v) is 4.17. The highest BCUT2D eigenvalue weighted by Crippen LogP contribution is 2.09. The van der Waals surface area contributed by atoms with Crippen molar-refractivity contribution in [3.63, 3.8) is 0 Å². The van der Waals surface area contributed by atoms with Crippen LogP contribution in [0.5, 0.6) is 0 Å². The predicted molar refractivity (Wildman–Crippen MR) is 44.7 cm³/mol. The lowest BCUT2D eigenvalue weighted by atomic mass is 10.1. The zero-order chi connectivity index (χ0) is 9.84. The molecule has 1 heterocycles. The number of hydrogen-bond acceptors (Lipinski definition) is 3. The fraction of sp³-hybridized carbons (Fsp3) is 0.714. The molecule has 0 spiro atoms. The Morgan fingerprint density at radius 3 is 2.92 bits per heavy atom. The third kappa shape index (κ3) is 2.32. The van der Waals surface area contributed by atoms with Gasteiger partial charge in [-0.15, -0.1) is 0 Å². The van der Waals surface area contributed by atoms with E-state index in [1.165, 1.54) is 0 Å². The summed E-state index contributed by atoms with van der Waals surface area (Å²) in [7, 11) is 0. The van der Waals surface area contributed by atoms with Crippen molar-refractivity contribution in [2.45, 2.75) is 25.3 Å². The van der Waals surface area contributed by atoms with Crippen LogP contribution in [0.4, 0.5) is 4.79 Å². The van der Waals surface area contributed by atoms with Crippen LogP contribution in [0.2, 0.25) is 0 Å². The van der Waals surface area contributed by atoms with Crippen LogP contribution in [0.25, 0.3) is 0 Å². The van der Waals surface area contributed by atoms with Crippen LogP contribution in [-0.4, -0.2) is 34.7 Å². The molecule has 4 N–H and O–H groups in total. The van der Waals surface area contributed by atoms with E-state index in [4.69, 9.17) is 10.9 Å². The molecule has 0 bridgehead atoms. The molecule has 0 aromatic heterocycles. The third-order valence-corrected chi connectivity index (χ3v) is 2.06. The van der Waals surface area contributed by atoms with E-state index in [-0.39, 0.29) is 5.91 Å². The number of carbonyl (C=O) groups excluding carboxylic acids is 1. The molecule has 74 valence electrons. The van der Waals surface area contributed by atoms with Gasteiger partial charge in [0, 0.05) is 6.54 Å². The van der Waals surface area contributed by atoms with Crippen molar-refractivity contribution in [3.8, 4) is 0 Å². The molecular weight excluding hydrogens is 174 g/mol. The second-order valence-electron chi connectivity index (χ2n) is 2.99. The van der Waals surface area contributed by atoms with E-state index in [9.17, 15) is 9.59 Å². The van der Waals surface area contributed by atoms with Gasteiger partial charge in [0.2, 0.25) is 5.91 Å². The zero-order valence-electron chi connectivity index (χ0n) is 7.19. The molecular formula is C7H13N3O3. The third-order valence-electron chi connectivity index (χ3n) is 2.06. The summed E-state index contributed by atoms with van der Waals surface area (Å²) in [6, 6.07) is -0.736. The number of hydrazine groups is 1. The van der Waals surface area contributed by atoms with E-state index >= 15 is 0 Å². The van der Waals surface area contributed by atoms with Crippen molar-refractivity contribution in [2.24, 2.45) is 5.84 Å². The van der Waals surface area contributed by atoms with Gasteiger partial charge in [0.05, 0.1) is 0 Å². The van der Waals surface area contributed by atoms with Gasteiger partial charge in [-0.05, 0) is 19.3 Å². The minimum atomic E-state index is -1.28. The minimum Gasteiger partial charge on any atom is -0.464 e. The van der Waals surface area contributed by atoms with E-state index in [0.717, 1.165) is 12.8 Å². The Balaban J connectivity index is 2.64. The van der Waals surface area contributed by atoms with Crippen LogP contribution in [0.3, 0.4) is 0 Å². The molecule has 1 fully saturated rings. The van der Waals surface area contributed by atoms with Gasteiger partial charge < -0.3 is 10.4 Å². The van der Waals surface area contributed by atoms with Gasteiger partial charge in [0.25, 0.3) is 0 Å². The first kappa shape index (κ1) is 9.79. The van der Waals surface area contributed by atoms with Gasteiger partial charge in [0.1, 0.15) is 6.04 Å². The lowest BCUT2D eigenvalue weighted by Crippen LogP contribution is -2.51. The van der Waals surface area contributed by atoms with Crippen LogP contribution < -0.4 is 11.2 Å². The maximum absolute atomic E-state index is 11.3. The summed E-state index contributed by atoms with van der Waals surface area (Å²) in [4.78, 5) is 21.7. The molecule has 6 nitrogen and oxygen atoms in total. The molecule has 13 heavy (non-hydrogen) atoms. The van der Waals surface area contributed by atoms with Gasteiger partial charge in [-0.25, -0.2) is 15.6 Å². The highest BCUT2D eigenvalue weighted by atomic mass is 16.4. The van der Waals surface area contributed by atoms with Crippen LogP contribution in [0.1, 0.15) is 19.3 Å². The average molecular weight is 187 g/mol. The van der Waals surface area contributed by atoms with Crippen molar-refractivity contribution < 1.29 is 14.7 Å². The van der Waals surface area contributed by atoms with E-state index in [1.807, 2.05) is 0 Å². The molecule has 0 aromatic rings. The van der Waals surface area contributed by atoms with Crippen LogP contribution in [0, 0.1) is 0 Å². The van der Waals surface area contributed by atoms with Gasteiger partial charge in [0.15, 0.2) is 0 Å². The average Bonchev–Trinajstić information content (AvgIpc) is 2.28.